The first-order chi connectivity index (χ1) is 12.6. The van der Waals surface area contributed by atoms with E-state index in [2.05, 4.69) is 15.0 Å². The second-order valence-electron chi connectivity index (χ2n) is 7.39. The Kier molecular flexibility index (Phi) is 4.54. The molecule has 0 radical (unpaired) electrons. The van der Waals surface area contributed by atoms with Gasteiger partial charge in [0.15, 0.2) is 0 Å². The van der Waals surface area contributed by atoms with E-state index in [1.54, 1.807) is 22.2 Å². The van der Waals surface area contributed by atoms with Crippen LogP contribution in [0.1, 0.15) is 18.0 Å². The molecule has 0 bridgehead atoms. The third-order valence-electron chi connectivity index (χ3n) is 5.69. The molecule has 2 fully saturated rings. The minimum atomic E-state index is -0.391. The highest BCUT2D eigenvalue weighted by atomic mass is 16.5. The summed E-state index contributed by atoms with van der Waals surface area (Å²) < 4.78 is 12.9. The maximum absolute atomic E-state index is 13.4. The number of hydrogen-bond donors (Lipinski definition) is 0. The van der Waals surface area contributed by atoms with Gasteiger partial charge in [-0.3, -0.25) is 14.4 Å². The van der Waals surface area contributed by atoms with E-state index in [1.807, 2.05) is 26.2 Å². The summed E-state index contributed by atoms with van der Waals surface area (Å²) in [7, 11) is 3.75. The number of furan rings is 1. The van der Waals surface area contributed by atoms with Crippen LogP contribution >= 0.6 is 0 Å². The van der Waals surface area contributed by atoms with Crippen LogP contribution < -0.4 is 0 Å². The average molecular weight is 359 g/mol. The van der Waals surface area contributed by atoms with Crippen molar-refractivity contribution >= 4 is 5.91 Å². The summed E-state index contributed by atoms with van der Waals surface area (Å²) in [5, 5.41) is 4.14. The van der Waals surface area contributed by atoms with Crippen molar-refractivity contribution in [2.45, 2.75) is 19.5 Å². The number of carbonyl (C=O) groups excluding carboxylic acids is 1. The largest absolute Gasteiger partial charge is 0.467 e. The number of amides is 1. The van der Waals surface area contributed by atoms with Crippen LogP contribution in [0.5, 0.6) is 0 Å². The van der Waals surface area contributed by atoms with Crippen molar-refractivity contribution in [1.82, 2.24) is 24.6 Å². The van der Waals surface area contributed by atoms with Gasteiger partial charge in [0.2, 0.25) is 5.91 Å². The zero-order valence-electron chi connectivity index (χ0n) is 15.3. The SMILES string of the molecule is CN(Cc1ccco1)C(=O)C12CCOCC1CN(Cc1ncnn1C)C2. The van der Waals surface area contributed by atoms with Gasteiger partial charge in [-0.1, -0.05) is 0 Å². The Bertz CT molecular complexity index is 759. The number of aromatic nitrogens is 3. The molecule has 2 aliphatic heterocycles. The van der Waals surface area contributed by atoms with Crippen LogP contribution in [0, 0.1) is 11.3 Å². The molecular weight excluding hydrogens is 334 g/mol. The molecule has 1 amide bonds. The topological polar surface area (TPSA) is 76.6 Å². The Hall–Kier alpha value is -2.19. The number of carbonyl (C=O) groups is 1. The average Bonchev–Trinajstić information content (AvgIpc) is 3.35. The van der Waals surface area contributed by atoms with E-state index in [1.165, 1.54) is 0 Å². The molecule has 8 nitrogen and oxygen atoms in total. The molecule has 2 atom stereocenters. The van der Waals surface area contributed by atoms with E-state index in [0.717, 1.165) is 31.1 Å². The van der Waals surface area contributed by atoms with E-state index in [-0.39, 0.29) is 11.8 Å². The first-order valence-electron chi connectivity index (χ1n) is 8.99. The molecule has 2 unspecified atom stereocenters. The van der Waals surface area contributed by atoms with E-state index in [9.17, 15) is 4.79 Å². The summed E-state index contributed by atoms with van der Waals surface area (Å²) in [6.45, 7) is 4.03. The molecule has 0 spiro atoms. The summed E-state index contributed by atoms with van der Waals surface area (Å²) in [5.74, 6) is 2.10. The van der Waals surface area contributed by atoms with Crippen LogP contribution in [-0.4, -0.2) is 63.8 Å². The molecule has 0 aliphatic carbocycles. The first kappa shape index (κ1) is 17.2. The van der Waals surface area contributed by atoms with Crippen molar-refractivity contribution in [2.75, 3.05) is 33.4 Å². The molecule has 0 N–H and O–H groups in total. The van der Waals surface area contributed by atoms with Gasteiger partial charge in [0.25, 0.3) is 0 Å². The highest BCUT2D eigenvalue weighted by Crippen LogP contribution is 2.44. The van der Waals surface area contributed by atoms with Gasteiger partial charge in [0.1, 0.15) is 17.9 Å². The molecule has 140 valence electrons. The fourth-order valence-corrected chi connectivity index (χ4v) is 4.28. The predicted molar refractivity (Wildman–Crippen MR) is 92.8 cm³/mol. The zero-order chi connectivity index (χ0) is 18.1. The van der Waals surface area contributed by atoms with Crippen LogP contribution in [0.25, 0.3) is 0 Å². The lowest BCUT2D eigenvalue weighted by Crippen LogP contribution is -2.50. The minimum Gasteiger partial charge on any atom is -0.467 e. The van der Waals surface area contributed by atoms with E-state index in [4.69, 9.17) is 9.15 Å². The van der Waals surface area contributed by atoms with Crippen LogP contribution in [0.4, 0.5) is 0 Å². The van der Waals surface area contributed by atoms with E-state index >= 15 is 0 Å². The van der Waals surface area contributed by atoms with Gasteiger partial charge in [0, 0.05) is 39.7 Å². The number of nitrogens with zero attached hydrogens (tertiary/aromatic N) is 5. The van der Waals surface area contributed by atoms with Crippen molar-refractivity contribution in [3.63, 3.8) is 0 Å². The second kappa shape index (κ2) is 6.85. The lowest BCUT2D eigenvalue weighted by molar-refractivity contribution is -0.150. The fourth-order valence-electron chi connectivity index (χ4n) is 4.28. The zero-order valence-corrected chi connectivity index (χ0v) is 15.3. The van der Waals surface area contributed by atoms with Crippen molar-refractivity contribution in [3.8, 4) is 0 Å². The van der Waals surface area contributed by atoms with Crippen molar-refractivity contribution in [3.05, 3.63) is 36.3 Å². The van der Waals surface area contributed by atoms with Gasteiger partial charge in [-0.15, -0.1) is 0 Å². The van der Waals surface area contributed by atoms with E-state index < -0.39 is 5.41 Å². The molecule has 4 rings (SSSR count). The number of hydrogen-bond acceptors (Lipinski definition) is 6. The fraction of sp³-hybridized carbons (Fsp3) is 0.611. The van der Waals surface area contributed by atoms with Gasteiger partial charge in [-0.2, -0.15) is 5.10 Å². The van der Waals surface area contributed by atoms with Gasteiger partial charge < -0.3 is 14.1 Å². The molecular formula is C18H25N5O3. The maximum atomic E-state index is 13.4. The van der Waals surface area contributed by atoms with Gasteiger partial charge in [-0.25, -0.2) is 4.98 Å². The monoisotopic (exact) mass is 359 g/mol. The van der Waals surface area contributed by atoms with E-state index in [0.29, 0.717) is 26.3 Å². The molecule has 4 heterocycles. The summed E-state index contributed by atoms with van der Waals surface area (Å²) in [4.78, 5) is 21.8. The molecule has 8 heteroatoms. The normalized spacial score (nSPS) is 26.0. The standard InChI is InChI=1S/C18H25N5O3/c1-21(9-15-4-3-6-26-15)17(24)18-5-7-25-11-14(18)8-23(12-18)10-16-19-13-20-22(16)2/h3-4,6,13-14H,5,7-12H2,1-2H3. The molecule has 2 aromatic heterocycles. The first-order valence-corrected chi connectivity index (χ1v) is 8.99. The summed E-state index contributed by atoms with van der Waals surface area (Å²) in [6.07, 6.45) is 3.97. The molecule has 2 aliphatic rings. The molecule has 0 aromatic carbocycles. The number of aryl methyl sites for hydroxylation is 1. The van der Waals surface area contributed by atoms with Crippen molar-refractivity contribution in [2.24, 2.45) is 18.4 Å². The minimum absolute atomic E-state index is 0.183. The number of ether oxygens (including phenoxy) is 1. The summed E-state index contributed by atoms with van der Waals surface area (Å²) in [5.41, 5.74) is -0.391. The molecule has 2 aromatic rings. The van der Waals surface area contributed by atoms with Crippen LogP contribution in [0.2, 0.25) is 0 Å². The van der Waals surface area contributed by atoms with Crippen LogP contribution in [0.3, 0.4) is 0 Å². The Morgan fingerprint density at radius 1 is 1.50 bits per heavy atom. The molecule has 26 heavy (non-hydrogen) atoms. The predicted octanol–water partition coefficient (Wildman–Crippen LogP) is 0.905. The van der Waals surface area contributed by atoms with Crippen LogP contribution in [-0.2, 0) is 29.7 Å². The Morgan fingerprint density at radius 3 is 3.12 bits per heavy atom. The van der Waals surface area contributed by atoms with Crippen LogP contribution in [0.15, 0.2) is 29.1 Å². The third kappa shape index (κ3) is 3.03. The quantitative estimate of drug-likeness (QED) is 0.790. The third-order valence-corrected chi connectivity index (χ3v) is 5.69. The van der Waals surface area contributed by atoms with Crippen molar-refractivity contribution < 1.29 is 13.9 Å². The maximum Gasteiger partial charge on any atom is 0.230 e. The highest BCUT2D eigenvalue weighted by molar-refractivity contribution is 5.83. The lowest BCUT2D eigenvalue weighted by Gasteiger charge is -2.39. The molecule has 2 saturated heterocycles. The smallest absolute Gasteiger partial charge is 0.230 e. The number of likely N-dealkylation sites (tertiary alicyclic amines) is 1. The number of fused-ring (bicyclic) bond motifs is 1. The van der Waals surface area contributed by atoms with Gasteiger partial charge >= 0.3 is 0 Å². The van der Waals surface area contributed by atoms with Gasteiger partial charge in [0.05, 0.1) is 31.4 Å². The Balaban J connectivity index is 1.51. The van der Waals surface area contributed by atoms with Gasteiger partial charge in [-0.05, 0) is 18.6 Å². The lowest BCUT2D eigenvalue weighted by atomic mass is 9.73. The number of rotatable bonds is 5. The second-order valence-corrected chi connectivity index (χ2v) is 7.39. The summed E-state index contributed by atoms with van der Waals surface area (Å²) in [6, 6.07) is 3.75. The van der Waals surface area contributed by atoms with Crippen molar-refractivity contribution in [1.29, 1.82) is 0 Å². The molecule has 0 saturated carbocycles. The Labute approximate surface area is 152 Å². The highest BCUT2D eigenvalue weighted by Gasteiger charge is 2.54. The Morgan fingerprint density at radius 2 is 2.38 bits per heavy atom. The summed E-state index contributed by atoms with van der Waals surface area (Å²) >= 11 is 0.